The van der Waals surface area contributed by atoms with E-state index in [2.05, 4.69) is 15.9 Å². The lowest BCUT2D eigenvalue weighted by molar-refractivity contribution is 0.0603. The summed E-state index contributed by atoms with van der Waals surface area (Å²) < 4.78 is 5.66. The summed E-state index contributed by atoms with van der Waals surface area (Å²) in [5.41, 5.74) is 8.40. The standard InChI is InChI=1S/C12H10BrNO2/c1-16-12(15)11-9-5-4-8(13)3-2-7(9)6-10(11)14/h2-6H,14H2,1H3. The summed E-state index contributed by atoms with van der Waals surface area (Å²) in [5.74, 6) is -0.408. The monoisotopic (exact) mass is 279 g/mol. The second kappa shape index (κ2) is 4.14. The quantitative estimate of drug-likeness (QED) is 0.817. The summed E-state index contributed by atoms with van der Waals surface area (Å²) in [6, 6.07) is 9.30. The fraction of sp³-hybridized carbons (Fsp3) is 0.0833. The lowest BCUT2D eigenvalue weighted by Gasteiger charge is -2.00. The van der Waals surface area contributed by atoms with E-state index in [0.29, 0.717) is 11.3 Å². The summed E-state index contributed by atoms with van der Waals surface area (Å²) in [7, 11) is 1.35. The SMILES string of the molecule is COC(=O)c1c(N)cc2ccc(Br)ccc1-2. The van der Waals surface area contributed by atoms with Gasteiger partial charge in [-0.15, -0.1) is 0 Å². The molecule has 16 heavy (non-hydrogen) atoms. The minimum absolute atomic E-state index is 0.408. The molecule has 0 aromatic carbocycles. The van der Waals surface area contributed by atoms with Crippen LogP contribution >= 0.6 is 15.9 Å². The number of nitrogens with two attached hydrogens (primary N) is 1. The van der Waals surface area contributed by atoms with E-state index in [1.807, 2.05) is 24.3 Å². The van der Waals surface area contributed by atoms with Crippen LogP contribution in [0.15, 0.2) is 34.8 Å². The van der Waals surface area contributed by atoms with Crippen molar-refractivity contribution in [2.75, 3.05) is 12.8 Å². The van der Waals surface area contributed by atoms with Gasteiger partial charge in [-0.05, 0) is 29.3 Å². The maximum atomic E-state index is 11.6. The number of ether oxygens (including phenoxy) is 1. The van der Waals surface area contributed by atoms with Gasteiger partial charge in [0.25, 0.3) is 0 Å². The molecule has 2 N–H and O–H groups in total. The molecule has 0 amide bonds. The van der Waals surface area contributed by atoms with Crippen molar-refractivity contribution < 1.29 is 9.53 Å². The number of halogens is 1. The Balaban J connectivity index is 2.69. The van der Waals surface area contributed by atoms with Crippen molar-refractivity contribution in [1.82, 2.24) is 0 Å². The first-order valence-corrected chi connectivity index (χ1v) is 5.49. The zero-order chi connectivity index (χ0) is 11.7. The average Bonchev–Trinajstić information content (AvgIpc) is 2.48. The lowest BCUT2D eigenvalue weighted by atomic mass is 10.1. The van der Waals surface area contributed by atoms with Gasteiger partial charge in [0.1, 0.15) is 0 Å². The number of carbonyl (C=O) groups excluding carboxylic acids is 1. The smallest absolute Gasteiger partial charge is 0.340 e. The van der Waals surface area contributed by atoms with Gasteiger partial charge in [0.15, 0.2) is 0 Å². The summed E-state index contributed by atoms with van der Waals surface area (Å²) in [4.78, 5) is 11.6. The highest BCUT2D eigenvalue weighted by molar-refractivity contribution is 9.10. The van der Waals surface area contributed by atoms with Crippen LogP contribution in [0.5, 0.6) is 0 Å². The molecular weight excluding hydrogens is 270 g/mol. The molecule has 0 aromatic rings. The molecule has 4 heteroatoms. The van der Waals surface area contributed by atoms with E-state index < -0.39 is 5.97 Å². The molecular formula is C12H10BrNO2. The molecule has 0 saturated heterocycles. The third-order valence-corrected chi connectivity index (χ3v) is 2.93. The highest BCUT2D eigenvalue weighted by atomic mass is 79.9. The van der Waals surface area contributed by atoms with Crippen LogP contribution < -0.4 is 5.73 Å². The van der Waals surface area contributed by atoms with Crippen LogP contribution in [0.1, 0.15) is 10.4 Å². The minimum Gasteiger partial charge on any atom is -0.465 e. The number of hydrogen-bond donors (Lipinski definition) is 1. The van der Waals surface area contributed by atoms with E-state index >= 15 is 0 Å². The van der Waals surface area contributed by atoms with E-state index in [1.54, 1.807) is 6.07 Å². The summed E-state index contributed by atoms with van der Waals surface area (Å²) in [5, 5.41) is 0. The number of carbonyl (C=O) groups is 1. The minimum atomic E-state index is -0.408. The first-order chi connectivity index (χ1) is 7.63. The largest absolute Gasteiger partial charge is 0.465 e. The Kier molecular flexibility index (Phi) is 2.83. The molecule has 2 aliphatic carbocycles. The van der Waals surface area contributed by atoms with Crippen molar-refractivity contribution in [3.63, 3.8) is 0 Å². The Morgan fingerprint density at radius 1 is 1.31 bits per heavy atom. The van der Waals surface area contributed by atoms with Crippen LogP contribution in [-0.2, 0) is 4.74 Å². The zero-order valence-electron chi connectivity index (χ0n) is 8.66. The summed E-state index contributed by atoms with van der Waals surface area (Å²) in [6.45, 7) is 0. The number of esters is 1. The highest BCUT2D eigenvalue weighted by Gasteiger charge is 2.19. The molecule has 82 valence electrons. The topological polar surface area (TPSA) is 52.3 Å². The molecule has 0 fully saturated rings. The normalized spacial score (nSPS) is 10.4. The van der Waals surface area contributed by atoms with E-state index in [0.717, 1.165) is 15.6 Å². The first-order valence-electron chi connectivity index (χ1n) is 4.69. The molecule has 0 aromatic heterocycles. The number of nitrogen functional groups attached to an aromatic ring is 1. The Morgan fingerprint density at radius 3 is 2.69 bits per heavy atom. The predicted octanol–water partition coefficient (Wildman–Crippen LogP) is 2.92. The van der Waals surface area contributed by atoms with Gasteiger partial charge in [0, 0.05) is 10.2 Å². The van der Waals surface area contributed by atoms with Crippen molar-refractivity contribution >= 4 is 27.6 Å². The predicted molar refractivity (Wildman–Crippen MR) is 66.5 cm³/mol. The summed E-state index contributed by atoms with van der Waals surface area (Å²) >= 11 is 3.37. The van der Waals surface area contributed by atoms with Gasteiger partial charge in [-0.3, -0.25) is 0 Å². The van der Waals surface area contributed by atoms with Crippen molar-refractivity contribution in [2.24, 2.45) is 0 Å². The second-order valence-electron chi connectivity index (χ2n) is 3.39. The molecule has 0 saturated carbocycles. The fourth-order valence-corrected chi connectivity index (χ4v) is 1.92. The maximum absolute atomic E-state index is 11.6. The third kappa shape index (κ3) is 1.76. The van der Waals surface area contributed by atoms with E-state index in [1.165, 1.54) is 7.11 Å². The van der Waals surface area contributed by atoms with Gasteiger partial charge in [-0.25, -0.2) is 4.79 Å². The second-order valence-corrected chi connectivity index (χ2v) is 4.30. The Hall–Kier alpha value is -1.55. The van der Waals surface area contributed by atoms with Crippen molar-refractivity contribution in [1.29, 1.82) is 0 Å². The van der Waals surface area contributed by atoms with Crippen molar-refractivity contribution in [3.05, 3.63) is 40.4 Å². The van der Waals surface area contributed by atoms with Crippen LogP contribution in [0.3, 0.4) is 0 Å². The van der Waals surface area contributed by atoms with Gasteiger partial charge in [0.05, 0.1) is 12.7 Å². The molecule has 0 aliphatic heterocycles. The van der Waals surface area contributed by atoms with Crippen LogP contribution in [0.4, 0.5) is 5.69 Å². The molecule has 2 rings (SSSR count). The van der Waals surface area contributed by atoms with Crippen molar-refractivity contribution in [3.8, 4) is 11.1 Å². The van der Waals surface area contributed by atoms with Crippen molar-refractivity contribution in [2.45, 2.75) is 0 Å². The van der Waals surface area contributed by atoms with Crippen LogP contribution in [0.2, 0.25) is 0 Å². The molecule has 0 unspecified atom stereocenters. The van der Waals surface area contributed by atoms with Gasteiger partial charge in [-0.2, -0.15) is 0 Å². The van der Waals surface area contributed by atoms with Crippen LogP contribution in [0, 0.1) is 0 Å². The van der Waals surface area contributed by atoms with Gasteiger partial charge in [-0.1, -0.05) is 28.1 Å². The first kappa shape index (κ1) is 11.0. The molecule has 0 atom stereocenters. The molecule has 0 heterocycles. The number of hydrogen-bond acceptors (Lipinski definition) is 3. The lowest BCUT2D eigenvalue weighted by Crippen LogP contribution is -2.03. The number of methoxy groups -OCH3 is 1. The van der Waals surface area contributed by atoms with Gasteiger partial charge >= 0.3 is 5.97 Å². The molecule has 0 bridgehead atoms. The van der Waals surface area contributed by atoms with E-state index in [4.69, 9.17) is 10.5 Å². The molecule has 2 aliphatic rings. The zero-order valence-corrected chi connectivity index (χ0v) is 10.2. The molecule has 3 nitrogen and oxygen atoms in total. The number of fused-ring (bicyclic) bond motifs is 1. The fourth-order valence-electron chi connectivity index (χ4n) is 1.65. The van der Waals surface area contributed by atoms with Gasteiger partial charge < -0.3 is 10.5 Å². The van der Waals surface area contributed by atoms with Crippen LogP contribution in [-0.4, -0.2) is 13.1 Å². The van der Waals surface area contributed by atoms with Crippen LogP contribution in [0.25, 0.3) is 11.1 Å². The maximum Gasteiger partial charge on any atom is 0.340 e. The van der Waals surface area contributed by atoms with E-state index in [-0.39, 0.29) is 0 Å². The Labute approximate surface area is 102 Å². The molecule has 0 spiro atoms. The van der Waals surface area contributed by atoms with Gasteiger partial charge in [0.2, 0.25) is 0 Å². The Bertz CT molecular complexity index is 525. The number of anilines is 1. The average molecular weight is 280 g/mol. The Morgan fingerprint density at radius 2 is 2.00 bits per heavy atom. The number of rotatable bonds is 1. The highest BCUT2D eigenvalue weighted by Crippen LogP contribution is 2.34. The third-order valence-electron chi connectivity index (χ3n) is 2.40. The molecule has 0 radical (unpaired) electrons. The summed E-state index contributed by atoms with van der Waals surface area (Å²) in [6.07, 6.45) is 0. The van der Waals surface area contributed by atoms with E-state index in [9.17, 15) is 4.79 Å².